The molecular weight excluding hydrogens is 551 g/mol. The number of anilines is 1. The average molecular weight is 572 g/mol. The van der Waals surface area contributed by atoms with E-state index in [2.05, 4.69) is 10.3 Å². The normalized spacial score (nSPS) is 14.8. The van der Waals surface area contributed by atoms with Crippen molar-refractivity contribution in [1.82, 2.24) is 14.8 Å². The molecule has 1 aromatic heterocycles. The number of hydrogen-bond acceptors (Lipinski definition) is 6. The molecule has 4 aromatic rings. The van der Waals surface area contributed by atoms with E-state index >= 15 is 0 Å². The fourth-order valence-corrected chi connectivity index (χ4v) is 5.77. The van der Waals surface area contributed by atoms with Gasteiger partial charge in [0.2, 0.25) is 11.1 Å². The highest BCUT2D eigenvalue weighted by atomic mass is 35.5. The lowest BCUT2D eigenvalue weighted by atomic mass is 9.95. The summed E-state index contributed by atoms with van der Waals surface area (Å²) in [6.45, 7) is 1.92. The Balaban J connectivity index is 1.50. The van der Waals surface area contributed by atoms with E-state index < -0.39 is 12.0 Å². The highest BCUT2D eigenvalue weighted by Crippen LogP contribution is 2.42. The van der Waals surface area contributed by atoms with Crippen LogP contribution in [0.5, 0.6) is 0 Å². The molecular formula is C27H21Cl3N4O2S. The Bertz CT molecular complexity index is 1470. The predicted molar refractivity (Wildman–Crippen MR) is 148 cm³/mol. The summed E-state index contributed by atoms with van der Waals surface area (Å²) in [5, 5.41) is 9.94. The van der Waals surface area contributed by atoms with Gasteiger partial charge in [0.15, 0.2) is 0 Å². The zero-order valence-electron chi connectivity index (χ0n) is 19.6. The molecule has 0 spiro atoms. The molecule has 37 heavy (non-hydrogen) atoms. The van der Waals surface area contributed by atoms with Crippen LogP contribution in [0.4, 0.5) is 5.95 Å². The summed E-state index contributed by atoms with van der Waals surface area (Å²) in [6, 6.07) is 21.6. The lowest BCUT2D eigenvalue weighted by Crippen LogP contribution is -2.30. The number of nitrogens with zero attached hydrogens (tertiary/aromatic N) is 3. The van der Waals surface area contributed by atoms with E-state index in [0.717, 1.165) is 11.1 Å². The molecule has 1 aliphatic heterocycles. The van der Waals surface area contributed by atoms with E-state index in [1.54, 1.807) is 29.8 Å². The highest BCUT2D eigenvalue weighted by Gasteiger charge is 2.37. The van der Waals surface area contributed by atoms with E-state index in [0.29, 0.717) is 48.8 Å². The third-order valence-corrected chi connectivity index (χ3v) is 7.77. The van der Waals surface area contributed by atoms with E-state index in [-0.39, 0.29) is 6.61 Å². The number of fused-ring (bicyclic) bond motifs is 1. The van der Waals surface area contributed by atoms with Crippen molar-refractivity contribution in [3.05, 3.63) is 116 Å². The van der Waals surface area contributed by atoms with Gasteiger partial charge < -0.3 is 10.1 Å². The Morgan fingerprint density at radius 1 is 0.973 bits per heavy atom. The molecule has 1 N–H and O–H groups in total. The smallest absolute Gasteiger partial charge is 0.338 e. The summed E-state index contributed by atoms with van der Waals surface area (Å²) in [7, 11) is 0. The number of carbonyl (C=O) groups excluding carboxylic acids is 1. The Kier molecular flexibility index (Phi) is 7.76. The van der Waals surface area contributed by atoms with Crippen LogP contribution in [0.15, 0.2) is 89.2 Å². The summed E-state index contributed by atoms with van der Waals surface area (Å²) in [5.74, 6) is 0.556. The molecule has 2 heterocycles. The van der Waals surface area contributed by atoms with E-state index in [1.165, 1.54) is 11.8 Å². The molecule has 0 fully saturated rings. The maximum absolute atomic E-state index is 13.5. The molecule has 0 bridgehead atoms. The molecule has 0 saturated heterocycles. The maximum Gasteiger partial charge on any atom is 0.338 e. The molecule has 1 aliphatic rings. The first-order valence-corrected chi connectivity index (χ1v) is 13.5. The van der Waals surface area contributed by atoms with Crippen LogP contribution in [0, 0.1) is 0 Å². The van der Waals surface area contributed by atoms with Crippen LogP contribution in [0.25, 0.3) is 0 Å². The van der Waals surface area contributed by atoms with Crippen molar-refractivity contribution in [2.45, 2.75) is 30.5 Å². The Morgan fingerprint density at radius 2 is 1.65 bits per heavy atom. The van der Waals surface area contributed by atoms with Crippen LogP contribution in [0.1, 0.15) is 29.7 Å². The summed E-state index contributed by atoms with van der Waals surface area (Å²) >= 11 is 21.0. The van der Waals surface area contributed by atoms with Crippen molar-refractivity contribution in [1.29, 1.82) is 0 Å². The number of thioether (sulfide) groups is 1. The number of nitrogens with one attached hydrogen (secondary N) is 1. The summed E-state index contributed by atoms with van der Waals surface area (Å²) in [4.78, 5) is 18.1. The number of ether oxygens (including phenoxy) is 1. The number of carbonyl (C=O) groups is 1. The monoisotopic (exact) mass is 570 g/mol. The fraction of sp³-hybridized carbons (Fsp3) is 0.148. The lowest BCUT2D eigenvalue weighted by Gasteiger charge is -2.29. The van der Waals surface area contributed by atoms with Crippen molar-refractivity contribution < 1.29 is 9.53 Å². The Labute approximate surface area is 233 Å². The van der Waals surface area contributed by atoms with Crippen molar-refractivity contribution >= 4 is 58.5 Å². The minimum Gasteiger partial charge on any atom is -0.457 e. The van der Waals surface area contributed by atoms with Crippen molar-refractivity contribution in [3.8, 4) is 0 Å². The summed E-state index contributed by atoms with van der Waals surface area (Å²) in [5.41, 5.74) is 3.34. The molecule has 5 rings (SSSR count). The fourth-order valence-electron chi connectivity index (χ4n) is 4.05. The minimum absolute atomic E-state index is 0.128. The lowest BCUT2D eigenvalue weighted by molar-refractivity contribution is -0.140. The average Bonchev–Trinajstić information content (AvgIpc) is 3.29. The van der Waals surface area contributed by atoms with Crippen LogP contribution in [0.2, 0.25) is 15.1 Å². The minimum atomic E-state index is -0.733. The molecule has 0 amide bonds. The number of halogens is 3. The molecule has 0 radical (unpaired) electrons. The van der Waals surface area contributed by atoms with Gasteiger partial charge in [-0.25, -0.2) is 9.48 Å². The summed E-state index contributed by atoms with van der Waals surface area (Å²) in [6.07, 6.45) is 0. The molecule has 188 valence electrons. The van der Waals surface area contributed by atoms with Crippen LogP contribution >= 0.6 is 46.6 Å². The number of esters is 1. The van der Waals surface area contributed by atoms with Crippen LogP contribution in [-0.4, -0.2) is 20.7 Å². The van der Waals surface area contributed by atoms with E-state index in [1.807, 2.05) is 54.6 Å². The number of hydrogen-bond donors (Lipinski definition) is 1. The molecule has 3 aromatic carbocycles. The third kappa shape index (κ3) is 5.50. The zero-order chi connectivity index (χ0) is 25.9. The van der Waals surface area contributed by atoms with Crippen molar-refractivity contribution in [2.24, 2.45) is 0 Å². The summed E-state index contributed by atoms with van der Waals surface area (Å²) < 4.78 is 7.34. The van der Waals surface area contributed by atoms with Gasteiger partial charge in [0, 0.05) is 32.1 Å². The molecule has 1 unspecified atom stereocenters. The Morgan fingerprint density at radius 3 is 2.38 bits per heavy atom. The standard InChI is InChI=1S/C27H21Cl3N4O2S/c1-16-22(25(35)36-14-17-8-3-2-4-9-17)24(23-20(29)12-7-13-21(23)30)34-26(31-16)32-27(33-34)37-15-18-10-5-6-11-19(18)28/h2-13,24H,14-15H2,1H3,(H,31,32,33). The van der Waals surface area contributed by atoms with Crippen LogP contribution < -0.4 is 5.32 Å². The largest absolute Gasteiger partial charge is 0.457 e. The van der Waals surface area contributed by atoms with Gasteiger partial charge in [-0.3, -0.25) is 0 Å². The van der Waals surface area contributed by atoms with Gasteiger partial charge in [-0.2, -0.15) is 4.98 Å². The van der Waals surface area contributed by atoms with Gasteiger partial charge in [-0.1, -0.05) is 101 Å². The van der Waals surface area contributed by atoms with Crippen molar-refractivity contribution in [3.63, 3.8) is 0 Å². The number of aromatic nitrogens is 3. The number of benzene rings is 3. The van der Waals surface area contributed by atoms with Crippen LogP contribution in [-0.2, 0) is 21.9 Å². The topological polar surface area (TPSA) is 69.0 Å². The van der Waals surface area contributed by atoms with E-state index in [9.17, 15) is 4.79 Å². The number of rotatable bonds is 7. The van der Waals surface area contributed by atoms with Gasteiger partial charge in [0.1, 0.15) is 12.6 Å². The first-order valence-electron chi connectivity index (χ1n) is 11.4. The van der Waals surface area contributed by atoms with E-state index in [4.69, 9.17) is 44.6 Å². The second-order valence-corrected chi connectivity index (χ2v) is 10.5. The first-order chi connectivity index (χ1) is 17.9. The second-order valence-electron chi connectivity index (χ2n) is 8.31. The van der Waals surface area contributed by atoms with Gasteiger partial charge in [0.25, 0.3) is 0 Å². The SMILES string of the molecule is CC1=C(C(=O)OCc2ccccc2)C(c2c(Cl)cccc2Cl)n2nc(SCc3ccccc3Cl)nc2N1. The molecule has 6 nitrogen and oxygen atoms in total. The molecule has 10 heteroatoms. The van der Waals surface area contributed by atoms with Crippen molar-refractivity contribution in [2.75, 3.05) is 5.32 Å². The molecule has 1 atom stereocenters. The number of allylic oxidation sites excluding steroid dienone is 1. The Hall–Kier alpha value is -2.97. The van der Waals surface area contributed by atoms with Crippen LogP contribution in [0.3, 0.4) is 0 Å². The second kappa shape index (κ2) is 11.2. The van der Waals surface area contributed by atoms with Gasteiger partial charge in [0.05, 0.1) is 5.57 Å². The quantitative estimate of drug-likeness (QED) is 0.182. The first kappa shape index (κ1) is 25.7. The molecule has 0 saturated carbocycles. The maximum atomic E-state index is 13.5. The van der Waals surface area contributed by atoms with Gasteiger partial charge >= 0.3 is 5.97 Å². The predicted octanol–water partition coefficient (Wildman–Crippen LogP) is 7.56. The third-order valence-electron chi connectivity index (χ3n) is 5.85. The zero-order valence-corrected chi connectivity index (χ0v) is 22.7. The van der Waals surface area contributed by atoms with Gasteiger partial charge in [-0.05, 0) is 36.2 Å². The highest BCUT2D eigenvalue weighted by molar-refractivity contribution is 7.98. The van der Waals surface area contributed by atoms with Gasteiger partial charge in [-0.15, -0.1) is 5.10 Å². The molecule has 0 aliphatic carbocycles.